The van der Waals surface area contributed by atoms with Crippen molar-refractivity contribution in [2.24, 2.45) is 40.7 Å². The first-order chi connectivity index (χ1) is 35.3. The Hall–Kier alpha value is -6.77. The van der Waals surface area contributed by atoms with E-state index in [-0.39, 0.29) is 25.8 Å². The van der Waals surface area contributed by atoms with E-state index >= 15 is 0 Å². The minimum atomic E-state index is -1.73. The number of primary amides is 1. The molecule has 26 nitrogen and oxygen atoms in total. The number of aliphatic hydroxyl groups is 1. The zero-order valence-electron chi connectivity index (χ0n) is 44.2. The van der Waals surface area contributed by atoms with E-state index in [1.54, 1.807) is 71.9 Å². The summed E-state index contributed by atoms with van der Waals surface area (Å²) in [4.78, 5) is 146. The first kappa shape index (κ1) is 66.2. The normalized spacial score (nSPS) is 15.2. The zero-order valence-corrected chi connectivity index (χ0v) is 44.2. The smallest absolute Gasteiger partial charge is 0.326 e. The predicted molar refractivity (Wildman–Crippen MR) is 276 cm³/mol. The monoisotopic (exact) mass is 1060 g/mol. The van der Waals surface area contributed by atoms with Crippen molar-refractivity contribution in [2.75, 3.05) is 26.2 Å². The highest BCUT2D eigenvalue weighted by molar-refractivity contribution is 5.99. The molecule has 19 N–H and O–H groups in total. The van der Waals surface area contributed by atoms with E-state index in [0.29, 0.717) is 44.2 Å². The second-order valence-electron chi connectivity index (χ2n) is 19.1. The SMILES string of the molecule is CC[C@H](C)[C@H](NC(=O)[C@H](CCCCN)NC(=O)CN)C(=O)N[C@H](C(=O)N[C@@H](Cc1ccccc1)C(=O)N[C@@H](CC(N)=O)C(=O)NCC(=O)N[C@@H](CCCCN)C(=O)N[C@H](C(=O)N[C@H](C(=O)O)C(C)C)C(C)C)[C@@H](C)O. The fourth-order valence-corrected chi connectivity index (χ4v) is 7.47. The summed E-state index contributed by atoms with van der Waals surface area (Å²) in [6, 6.07) is -2.77. The second-order valence-corrected chi connectivity index (χ2v) is 19.1. The summed E-state index contributed by atoms with van der Waals surface area (Å²) in [5.74, 6) is -11.6. The van der Waals surface area contributed by atoms with Crippen molar-refractivity contribution in [3.05, 3.63) is 35.9 Å². The Labute approximate surface area is 438 Å². The molecule has 1 rings (SSSR count). The molecule has 0 aromatic heterocycles. The van der Waals surface area contributed by atoms with Gasteiger partial charge in [0.05, 0.1) is 25.6 Å². The van der Waals surface area contributed by atoms with Crippen LogP contribution in [0.1, 0.15) is 105 Å². The van der Waals surface area contributed by atoms with E-state index in [9.17, 15) is 63.0 Å². The second kappa shape index (κ2) is 34.7. The Morgan fingerprint density at radius 1 is 0.520 bits per heavy atom. The number of hydrogen-bond acceptors (Lipinski definition) is 15. The van der Waals surface area contributed by atoms with Crippen molar-refractivity contribution in [3.8, 4) is 0 Å². The Balaban J connectivity index is 3.39. The van der Waals surface area contributed by atoms with Crippen LogP contribution in [-0.2, 0) is 59.2 Å². The molecule has 0 bridgehead atoms. The number of carboxylic acid groups (broad SMARTS) is 1. The van der Waals surface area contributed by atoms with Gasteiger partial charge in [-0.25, -0.2) is 4.79 Å². The number of carbonyl (C=O) groups excluding carboxylic acids is 10. The predicted octanol–water partition coefficient (Wildman–Crippen LogP) is -3.86. The van der Waals surface area contributed by atoms with Crippen molar-refractivity contribution in [2.45, 2.75) is 161 Å². The van der Waals surface area contributed by atoms with Crippen molar-refractivity contribution in [1.29, 1.82) is 0 Å². The van der Waals surface area contributed by atoms with Gasteiger partial charge in [-0.05, 0) is 81.9 Å². The molecule has 0 radical (unpaired) electrons. The third-order valence-corrected chi connectivity index (χ3v) is 12.1. The number of hydrogen-bond donors (Lipinski definition) is 15. The van der Waals surface area contributed by atoms with Gasteiger partial charge in [-0.1, -0.05) is 78.3 Å². The van der Waals surface area contributed by atoms with E-state index in [4.69, 9.17) is 22.9 Å². The number of nitrogens with two attached hydrogens (primary N) is 4. The van der Waals surface area contributed by atoms with Gasteiger partial charge in [0.1, 0.15) is 48.3 Å². The molecule has 26 heteroatoms. The standard InChI is InChI=1S/C49H83N13O13/c1-8-28(6)40(61-44(69)31(18-12-14-20-50)55-36(65)24-52)47(72)62-41(29(7)63)48(73)58-33(22-30-16-10-9-11-17-30)45(70)57-34(23-35(53)64)42(67)54-25-37(66)56-32(19-13-15-21-51)43(68)59-38(26(2)3)46(71)60-39(27(4)5)49(74)75/h9-11,16-17,26-29,31-34,38-41,63H,8,12-15,18-25,50-52H2,1-7H3,(H2,53,64)(H,54,67)(H,55,65)(H,56,66)(H,57,70)(H,58,73)(H,59,68)(H,60,71)(H,61,69)(H,62,72)(H,74,75)/t28-,29+,31-,32-,33-,34-,38-,39-,40-,41-/m0/s1. The van der Waals surface area contributed by atoms with E-state index in [0.717, 1.165) is 0 Å². The molecule has 0 fully saturated rings. The van der Waals surface area contributed by atoms with Gasteiger partial charge in [0.25, 0.3) is 0 Å². The van der Waals surface area contributed by atoms with Gasteiger partial charge in [-0.2, -0.15) is 0 Å². The average molecular weight is 1060 g/mol. The fourth-order valence-electron chi connectivity index (χ4n) is 7.47. The third-order valence-electron chi connectivity index (χ3n) is 12.1. The topological polar surface area (TPSA) is 441 Å². The summed E-state index contributed by atoms with van der Waals surface area (Å²) in [5.41, 5.74) is 22.7. The first-order valence-electron chi connectivity index (χ1n) is 25.3. The fraction of sp³-hybridized carbons (Fsp3) is 0.653. The molecule has 0 saturated heterocycles. The summed E-state index contributed by atoms with van der Waals surface area (Å²) in [5, 5.41) is 42.8. The molecule has 0 unspecified atom stereocenters. The van der Waals surface area contributed by atoms with E-state index in [1.807, 2.05) is 0 Å². The van der Waals surface area contributed by atoms with Gasteiger partial charge in [0, 0.05) is 6.42 Å². The van der Waals surface area contributed by atoms with Crippen LogP contribution in [0.25, 0.3) is 0 Å². The van der Waals surface area contributed by atoms with Crippen LogP contribution in [0.15, 0.2) is 30.3 Å². The van der Waals surface area contributed by atoms with Gasteiger partial charge >= 0.3 is 5.97 Å². The molecule has 0 saturated carbocycles. The lowest BCUT2D eigenvalue weighted by Crippen LogP contribution is -2.62. The Morgan fingerprint density at radius 2 is 0.973 bits per heavy atom. The van der Waals surface area contributed by atoms with Crippen LogP contribution < -0.4 is 70.8 Å². The van der Waals surface area contributed by atoms with Gasteiger partial charge in [0.15, 0.2) is 0 Å². The number of rotatable bonds is 36. The van der Waals surface area contributed by atoms with Crippen molar-refractivity contribution < 1.29 is 63.0 Å². The van der Waals surface area contributed by atoms with Crippen LogP contribution in [0.5, 0.6) is 0 Å². The van der Waals surface area contributed by atoms with Crippen LogP contribution >= 0.6 is 0 Å². The van der Waals surface area contributed by atoms with Gasteiger partial charge < -0.3 is 81.0 Å². The lowest BCUT2D eigenvalue weighted by atomic mass is 9.96. The van der Waals surface area contributed by atoms with E-state index in [1.165, 1.54) is 6.92 Å². The molecular formula is C49H83N13O13. The first-order valence-corrected chi connectivity index (χ1v) is 25.3. The third kappa shape index (κ3) is 24.4. The highest BCUT2D eigenvalue weighted by Gasteiger charge is 2.37. The number of amides is 10. The van der Waals surface area contributed by atoms with Gasteiger partial charge in [-0.3, -0.25) is 47.9 Å². The molecule has 10 atom stereocenters. The molecule has 0 aliphatic heterocycles. The summed E-state index contributed by atoms with van der Waals surface area (Å²) >= 11 is 0. The van der Waals surface area contributed by atoms with Gasteiger partial charge in [-0.15, -0.1) is 0 Å². The number of carbonyl (C=O) groups is 11. The number of aliphatic hydroxyl groups excluding tert-OH is 1. The van der Waals surface area contributed by atoms with Crippen LogP contribution in [0.4, 0.5) is 0 Å². The summed E-state index contributed by atoms with van der Waals surface area (Å²) in [7, 11) is 0. The molecule has 0 spiro atoms. The molecule has 0 aliphatic carbocycles. The molecule has 0 aliphatic rings. The largest absolute Gasteiger partial charge is 0.480 e. The van der Waals surface area contributed by atoms with E-state index < -0.39 is 157 Å². The maximum Gasteiger partial charge on any atom is 0.326 e. The summed E-state index contributed by atoms with van der Waals surface area (Å²) < 4.78 is 0. The van der Waals surface area contributed by atoms with Crippen molar-refractivity contribution in [3.63, 3.8) is 0 Å². The molecular weight excluding hydrogens is 979 g/mol. The maximum atomic E-state index is 14.1. The molecule has 10 amide bonds. The lowest BCUT2D eigenvalue weighted by molar-refractivity contribution is -0.144. The lowest BCUT2D eigenvalue weighted by Gasteiger charge is -2.30. The number of carboxylic acids is 1. The number of benzene rings is 1. The van der Waals surface area contributed by atoms with Crippen LogP contribution in [0.2, 0.25) is 0 Å². The molecule has 1 aromatic carbocycles. The highest BCUT2D eigenvalue weighted by atomic mass is 16.4. The van der Waals surface area contributed by atoms with Gasteiger partial charge in [0.2, 0.25) is 59.1 Å². The Kier molecular flexibility index (Phi) is 30.6. The van der Waals surface area contributed by atoms with Crippen molar-refractivity contribution in [1.82, 2.24) is 47.9 Å². The quantitative estimate of drug-likeness (QED) is 0.0286. The van der Waals surface area contributed by atoms with Crippen molar-refractivity contribution >= 4 is 65.0 Å². The number of nitrogens with one attached hydrogen (secondary N) is 9. The number of unbranched alkanes of at least 4 members (excludes halogenated alkanes) is 2. The molecule has 0 heterocycles. The Bertz CT molecular complexity index is 2060. The van der Waals surface area contributed by atoms with Crippen LogP contribution in [0, 0.1) is 17.8 Å². The molecule has 422 valence electrons. The minimum absolute atomic E-state index is 0.0509. The summed E-state index contributed by atoms with van der Waals surface area (Å²) in [6.45, 7) is 10.5. The zero-order chi connectivity index (χ0) is 56.9. The maximum absolute atomic E-state index is 14.1. The highest BCUT2D eigenvalue weighted by Crippen LogP contribution is 2.13. The molecule has 75 heavy (non-hydrogen) atoms. The molecule has 1 aromatic rings. The van der Waals surface area contributed by atoms with Crippen LogP contribution in [-0.4, -0.2) is 156 Å². The summed E-state index contributed by atoms with van der Waals surface area (Å²) in [6.07, 6.45) is -0.151. The Morgan fingerprint density at radius 3 is 1.44 bits per heavy atom. The van der Waals surface area contributed by atoms with Crippen LogP contribution in [0.3, 0.4) is 0 Å². The average Bonchev–Trinajstić information content (AvgIpc) is 3.35. The minimum Gasteiger partial charge on any atom is -0.480 e. The van der Waals surface area contributed by atoms with E-state index in [2.05, 4.69) is 47.9 Å². The number of aliphatic carboxylic acids is 1.